The zero-order valence-corrected chi connectivity index (χ0v) is 15.0. The number of carbonyl (C=O) groups is 1. The summed E-state index contributed by atoms with van der Waals surface area (Å²) in [5.74, 6) is -4.30. The van der Waals surface area contributed by atoms with Crippen LogP contribution in [0.1, 0.15) is 67.1 Å². The number of nitrogens with zero attached hydrogens (tertiary/aromatic N) is 3. The van der Waals surface area contributed by atoms with Crippen molar-refractivity contribution in [1.82, 2.24) is 14.8 Å². The minimum atomic E-state index is -3.14. The molecule has 0 saturated heterocycles. The summed E-state index contributed by atoms with van der Waals surface area (Å²) in [5, 5.41) is 4.10. The molecule has 1 unspecified atom stereocenters. The fourth-order valence-electron chi connectivity index (χ4n) is 3.83. The van der Waals surface area contributed by atoms with Gasteiger partial charge in [-0.05, 0) is 18.4 Å². The number of fused-ring (bicyclic) bond motifs is 1. The summed E-state index contributed by atoms with van der Waals surface area (Å²) in [6.45, 7) is 1.77. The van der Waals surface area contributed by atoms with Crippen molar-refractivity contribution in [2.45, 2.75) is 56.7 Å². The molecule has 0 fully saturated rings. The molecule has 4 rings (SSSR count). The van der Waals surface area contributed by atoms with E-state index in [2.05, 4.69) is 10.1 Å². The van der Waals surface area contributed by atoms with E-state index < -0.39 is 35.7 Å². The molecule has 4 nitrogen and oxygen atoms in total. The maximum Gasteiger partial charge on any atom is 0.308 e. The van der Waals surface area contributed by atoms with Gasteiger partial charge in [-0.15, -0.1) is 5.10 Å². The first-order valence-corrected chi connectivity index (χ1v) is 9.11. The molecule has 1 aliphatic carbocycles. The van der Waals surface area contributed by atoms with E-state index >= 15 is 0 Å². The second kappa shape index (κ2) is 6.32. The van der Waals surface area contributed by atoms with E-state index in [1.54, 1.807) is 37.3 Å². The van der Waals surface area contributed by atoms with Gasteiger partial charge in [0, 0.05) is 19.3 Å². The SMILES string of the molecule is CCC1(F)CC=C(CC(=O)c2nc3n(n2)[C@H](c2ccccc2)CC3(F)F)C1. The number of allylic oxidation sites excluding steroid dienone is 2. The van der Waals surface area contributed by atoms with Crippen LogP contribution in [0.5, 0.6) is 0 Å². The summed E-state index contributed by atoms with van der Waals surface area (Å²) >= 11 is 0. The van der Waals surface area contributed by atoms with E-state index in [-0.39, 0.29) is 25.1 Å². The van der Waals surface area contributed by atoms with Crippen LogP contribution in [0.3, 0.4) is 0 Å². The fraction of sp³-hybridized carbons (Fsp3) is 0.450. The number of Topliss-reactive ketones (excluding diaryl/α,β-unsaturated/α-hetero) is 1. The van der Waals surface area contributed by atoms with Crippen LogP contribution < -0.4 is 0 Å². The predicted molar refractivity (Wildman–Crippen MR) is 93.5 cm³/mol. The van der Waals surface area contributed by atoms with Crippen molar-refractivity contribution in [3.63, 3.8) is 0 Å². The average Bonchev–Trinajstić information content (AvgIpc) is 3.31. The fourth-order valence-corrected chi connectivity index (χ4v) is 3.83. The van der Waals surface area contributed by atoms with Crippen LogP contribution in [0.15, 0.2) is 42.0 Å². The Kier molecular flexibility index (Phi) is 4.20. The number of halogens is 3. The molecular formula is C20H20F3N3O. The predicted octanol–water partition coefficient (Wildman–Crippen LogP) is 4.77. The molecule has 1 aromatic carbocycles. The Balaban J connectivity index is 1.57. The molecule has 1 aromatic heterocycles. The van der Waals surface area contributed by atoms with Crippen molar-refractivity contribution in [2.24, 2.45) is 0 Å². The van der Waals surface area contributed by atoms with Crippen LogP contribution >= 0.6 is 0 Å². The topological polar surface area (TPSA) is 47.8 Å². The van der Waals surface area contributed by atoms with E-state index in [9.17, 15) is 18.0 Å². The van der Waals surface area contributed by atoms with Gasteiger partial charge in [-0.3, -0.25) is 4.79 Å². The molecule has 0 saturated carbocycles. The standard InChI is InChI=1S/C20H20F3N3O/c1-2-19(21)9-8-13(11-19)10-16(27)17-24-18-20(22,23)12-15(26(18)25-17)14-6-4-3-5-7-14/h3-8,15H,2,9-12H2,1H3/t15-,19?/m0/s1. The maximum atomic E-state index is 14.4. The molecule has 27 heavy (non-hydrogen) atoms. The van der Waals surface area contributed by atoms with E-state index in [4.69, 9.17) is 0 Å². The van der Waals surface area contributed by atoms with Crippen molar-refractivity contribution < 1.29 is 18.0 Å². The van der Waals surface area contributed by atoms with Gasteiger partial charge in [0.25, 0.3) is 0 Å². The van der Waals surface area contributed by atoms with Gasteiger partial charge >= 0.3 is 5.92 Å². The van der Waals surface area contributed by atoms with Crippen molar-refractivity contribution in [1.29, 1.82) is 0 Å². The first-order chi connectivity index (χ1) is 12.8. The lowest BCUT2D eigenvalue weighted by Gasteiger charge is -2.16. The molecule has 0 amide bonds. The highest BCUT2D eigenvalue weighted by Gasteiger charge is 2.49. The van der Waals surface area contributed by atoms with Gasteiger partial charge in [0.2, 0.25) is 11.6 Å². The molecule has 142 valence electrons. The van der Waals surface area contributed by atoms with Crippen molar-refractivity contribution in [2.75, 3.05) is 0 Å². The van der Waals surface area contributed by atoms with Gasteiger partial charge in [-0.1, -0.05) is 48.9 Å². The zero-order valence-electron chi connectivity index (χ0n) is 15.0. The van der Waals surface area contributed by atoms with Gasteiger partial charge in [0.1, 0.15) is 5.67 Å². The molecule has 2 atom stereocenters. The van der Waals surface area contributed by atoms with Crippen molar-refractivity contribution in [3.05, 3.63) is 59.2 Å². The second-order valence-corrected chi connectivity index (χ2v) is 7.39. The van der Waals surface area contributed by atoms with Crippen LogP contribution in [0.25, 0.3) is 0 Å². The number of ketones is 1. The summed E-state index contributed by atoms with van der Waals surface area (Å²) in [4.78, 5) is 16.4. The number of carbonyl (C=O) groups excluding carboxylic acids is 1. The maximum absolute atomic E-state index is 14.4. The van der Waals surface area contributed by atoms with Gasteiger partial charge < -0.3 is 0 Å². The monoisotopic (exact) mass is 375 g/mol. The first-order valence-electron chi connectivity index (χ1n) is 9.11. The molecule has 0 radical (unpaired) electrons. The molecule has 2 aromatic rings. The molecule has 1 aliphatic heterocycles. The van der Waals surface area contributed by atoms with Gasteiger partial charge in [0.05, 0.1) is 6.04 Å². The zero-order chi connectivity index (χ0) is 19.2. The normalized spacial score (nSPS) is 26.1. The summed E-state index contributed by atoms with van der Waals surface area (Å²) in [7, 11) is 0. The molecule has 2 aliphatic rings. The van der Waals surface area contributed by atoms with Crippen LogP contribution in [-0.2, 0) is 5.92 Å². The Morgan fingerprint density at radius 1 is 1.26 bits per heavy atom. The molecule has 2 heterocycles. The van der Waals surface area contributed by atoms with Gasteiger partial charge in [0.15, 0.2) is 5.82 Å². The lowest BCUT2D eigenvalue weighted by molar-refractivity contribution is -0.00883. The highest BCUT2D eigenvalue weighted by molar-refractivity contribution is 5.94. The van der Waals surface area contributed by atoms with E-state index in [1.807, 2.05) is 6.07 Å². The highest BCUT2D eigenvalue weighted by Crippen LogP contribution is 2.45. The average molecular weight is 375 g/mol. The van der Waals surface area contributed by atoms with Crippen molar-refractivity contribution in [3.8, 4) is 0 Å². The molecule has 0 spiro atoms. The largest absolute Gasteiger partial charge is 0.308 e. The summed E-state index contributed by atoms with van der Waals surface area (Å²) < 4.78 is 44.3. The van der Waals surface area contributed by atoms with E-state index in [0.29, 0.717) is 17.6 Å². The van der Waals surface area contributed by atoms with E-state index in [1.165, 1.54) is 0 Å². The third-order valence-corrected chi connectivity index (χ3v) is 5.46. The van der Waals surface area contributed by atoms with Crippen LogP contribution in [0.2, 0.25) is 0 Å². The Morgan fingerprint density at radius 3 is 2.67 bits per heavy atom. The molecule has 0 N–H and O–H groups in total. The lowest BCUT2D eigenvalue weighted by atomic mass is 9.97. The quantitative estimate of drug-likeness (QED) is 0.558. The highest BCUT2D eigenvalue weighted by atomic mass is 19.3. The Hall–Kier alpha value is -2.44. The minimum Gasteiger partial charge on any atom is -0.290 e. The lowest BCUT2D eigenvalue weighted by Crippen LogP contribution is -2.17. The third kappa shape index (κ3) is 3.19. The second-order valence-electron chi connectivity index (χ2n) is 7.39. The Labute approximate surface area is 155 Å². The summed E-state index contributed by atoms with van der Waals surface area (Å²) in [6, 6.07) is 8.22. The number of benzene rings is 1. The molecule has 7 heteroatoms. The third-order valence-electron chi connectivity index (χ3n) is 5.46. The van der Waals surface area contributed by atoms with Gasteiger partial charge in [-0.2, -0.15) is 8.78 Å². The van der Waals surface area contributed by atoms with Crippen LogP contribution in [-0.4, -0.2) is 26.2 Å². The number of alkyl halides is 3. The smallest absolute Gasteiger partial charge is 0.290 e. The Morgan fingerprint density at radius 2 is 2.00 bits per heavy atom. The van der Waals surface area contributed by atoms with Gasteiger partial charge in [-0.25, -0.2) is 14.1 Å². The number of hydrogen-bond acceptors (Lipinski definition) is 3. The summed E-state index contributed by atoms with van der Waals surface area (Å²) in [5.41, 5.74) is 0.0823. The van der Waals surface area contributed by atoms with Crippen molar-refractivity contribution >= 4 is 5.78 Å². The van der Waals surface area contributed by atoms with E-state index in [0.717, 1.165) is 4.68 Å². The first kappa shape index (κ1) is 17.9. The summed E-state index contributed by atoms with van der Waals surface area (Å²) in [6.07, 6.45) is 2.14. The Bertz CT molecular complexity index is 906. The molecule has 0 bridgehead atoms. The number of hydrogen-bond donors (Lipinski definition) is 0. The van der Waals surface area contributed by atoms with Crippen LogP contribution in [0, 0.1) is 0 Å². The number of aromatic nitrogens is 3. The minimum absolute atomic E-state index is 0.0311. The number of rotatable bonds is 5. The van der Waals surface area contributed by atoms with Crippen LogP contribution in [0.4, 0.5) is 13.2 Å². The molecular weight excluding hydrogens is 355 g/mol.